The van der Waals surface area contributed by atoms with Gasteiger partial charge in [0.1, 0.15) is 49.3 Å². The highest BCUT2D eigenvalue weighted by Gasteiger charge is 2.69. The maximum absolute atomic E-state index is 12.7. The predicted molar refractivity (Wildman–Crippen MR) is 177 cm³/mol. The van der Waals surface area contributed by atoms with Crippen molar-refractivity contribution in [3.8, 4) is 0 Å². The Morgan fingerprint density at radius 2 is 1.62 bits per heavy atom. The number of aliphatic hydroxyl groups excluding tert-OH is 6. The Labute approximate surface area is 303 Å². The molecule has 4 saturated carbocycles. The lowest BCUT2D eigenvalue weighted by atomic mass is 9.43. The average Bonchev–Trinajstić information content (AvgIpc) is 3.66. The normalized spacial score (nSPS) is 51.8. The molecule has 2 saturated heterocycles. The maximum atomic E-state index is 12.7. The Balaban J connectivity index is 1.03. The smallest absolute Gasteiger partial charge is 0.331 e. The highest BCUT2D eigenvalue weighted by atomic mass is 16.7. The molecule has 3 heterocycles. The molecule has 0 radical (unpaired) electrons. The second kappa shape index (κ2) is 14.4. The second-order valence-corrected chi connectivity index (χ2v) is 16.8. The van der Waals surface area contributed by atoms with Gasteiger partial charge in [0.15, 0.2) is 12.6 Å². The first kappa shape index (κ1) is 38.5. The zero-order valence-electron chi connectivity index (χ0n) is 30.1. The van der Waals surface area contributed by atoms with E-state index >= 15 is 0 Å². The van der Waals surface area contributed by atoms with Crippen LogP contribution < -0.4 is 0 Å². The molecule has 0 aromatic heterocycles. The molecule has 7 rings (SSSR count). The first-order valence-electron chi connectivity index (χ1n) is 19.0. The van der Waals surface area contributed by atoms with Crippen LogP contribution >= 0.6 is 0 Å². The van der Waals surface area contributed by atoms with E-state index < -0.39 is 79.0 Å². The number of hydrogen-bond acceptors (Lipinski definition) is 15. The number of cyclic esters (lactones) is 1. The number of aliphatic hydroxyl groups is 7. The summed E-state index contributed by atoms with van der Waals surface area (Å²) in [6.45, 7) is 5.08. The van der Waals surface area contributed by atoms with Crippen LogP contribution in [0.5, 0.6) is 0 Å². The SMILES string of the molecule is CC(=O)OCC12CCC(OC3OC(C)C(OC4OC(CO)C(O)C(O)C4O)C(O)C3O)CC1CCC1C2CCC2(C)C(C3=CC(=O)OC3)CCC12O. The highest BCUT2D eigenvalue weighted by Crippen LogP contribution is 2.70. The molecular weight excluding hydrogens is 684 g/mol. The van der Waals surface area contributed by atoms with E-state index in [1.54, 1.807) is 13.0 Å². The van der Waals surface area contributed by atoms with Gasteiger partial charge in [-0.2, -0.15) is 0 Å². The summed E-state index contributed by atoms with van der Waals surface area (Å²) >= 11 is 0. The number of fused-ring (bicyclic) bond motifs is 5. The van der Waals surface area contributed by atoms with Crippen LogP contribution in [-0.4, -0.2) is 141 Å². The zero-order valence-corrected chi connectivity index (χ0v) is 30.1. The van der Waals surface area contributed by atoms with Crippen molar-refractivity contribution in [1.29, 1.82) is 0 Å². The fourth-order valence-corrected chi connectivity index (χ4v) is 11.6. The van der Waals surface area contributed by atoms with Gasteiger partial charge in [-0.1, -0.05) is 6.92 Å². The summed E-state index contributed by atoms with van der Waals surface area (Å²) in [6.07, 6.45) is -6.21. The average molecular weight is 741 g/mol. The summed E-state index contributed by atoms with van der Waals surface area (Å²) in [4.78, 5) is 24.2. The number of esters is 2. The molecule has 7 N–H and O–H groups in total. The first-order chi connectivity index (χ1) is 24.6. The molecule has 7 aliphatic rings. The van der Waals surface area contributed by atoms with E-state index in [-0.39, 0.29) is 60.3 Å². The Morgan fingerprint density at radius 3 is 2.31 bits per heavy atom. The van der Waals surface area contributed by atoms with Crippen molar-refractivity contribution in [1.82, 2.24) is 0 Å². The summed E-state index contributed by atoms with van der Waals surface area (Å²) in [5, 5.41) is 75.2. The van der Waals surface area contributed by atoms with E-state index in [1.807, 2.05) is 0 Å². The van der Waals surface area contributed by atoms with Crippen LogP contribution in [0.2, 0.25) is 0 Å². The molecule has 4 aliphatic carbocycles. The molecular formula is C37H56O15. The van der Waals surface area contributed by atoms with Gasteiger partial charge < -0.3 is 64.2 Å². The van der Waals surface area contributed by atoms with E-state index in [1.165, 1.54) is 6.92 Å². The van der Waals surface area contributed by atoms with E-state index in [9.17, 15) is 45.3 Å². The number of carbonyl (C=O) groups is 2. The lowest BCUT2D eigenvalue weighted by Crippen LogP contribution is -2.65. The van der Waals surface area contributed by atoms with Gasteiger partial charge in [0, 0.05) is 23.8 Å². The van der Waals surface area contributed by atoms with Crippen LogP contribution in [0.15, 0.2) is 11.6 Å². The van der Waals surface area contributed by atoms with Crippen LogP contribution in [0, 0.1) is 34.5 Å². The van der Waals surface area contributed by atoms with Crippen molar-refractivity contribution < 1.29 is 73.8 Å². The van der Waals surface area contributed by atoms with Gasteiger partial charge in [0.25, 0.3) is 0 Å². The molecule has 15 heteroatoms. The molecule has 294 valence electrons. The standard InChI is InChI=1S/C37H56O15/c1-17-32(52-34-30(44)28(42)27(41)25(14-38)51-34)29(43)31(45)33(49-17)50-21-6-10-36(16-48-18(2)39)20(13-21)4-5-24-23(36)7-9-35(3)22(8-11-37(24,35)46)19-12-26(40)47-15-19/h12,17,20-25,27-34,38,41-46H,4-11,13-16H2,1-3H3. The van der Waals surface area contributed by atoms with E-state index in [0.29, 0.717) is 25.7 Å². The van der Waals surface area contributed by atoms with E-state index in [2.05, 4.69) is 6.92 Å². The first-order valence-corrected chi connectivity index (χ1v) is 19.0. The largest absolute Gasteiger partial charge is 0.465 e. The lowest BCUT2D eigenvalue weighted by molar-refractivity contribution is -0.360. The molecule has 0 aromatic carbocycles. The van der Waals surface area contributed by atoms with Crippen molar-refractivity contribution in [2.75, 3.05) is 19.8 Å². The number of rotatable bonds is 8. The van der Waals surface area contributed by atoms with Gasteiger partial charge in [-0.25, -0.2) is 4.79 Å². The molecule has 6 fully saturated rings. The van der Waals surface area contributed by atoms with Gasteiger partial charge in [0.2, 0.25) is 0 Å². The van der Waals surface area contributed by atoms with E-state index in [4.69, 9.17) is 28.4 Å². The van der Waals surface area contributed by atoms with Gasteiger partial charge in [-0.15, -0.1) is 0 Å². The molecule has 52 heavy (non-hydrogen) atoms. The van der Waals surface area contributed by atoms with Gasteiger partial charge >= 0.3 is 11.9 Å². The molecule has 0 bridgehead atoms. The second-order valence-electron chi connectivity index (χ2n) is 16.8. The minimum atomic E-state index is -1.69. The van der Waals surface area contributed by atoms with Crippen LogP contribution in [0.3, 0.4) is 0 Å². The topological polar surface area (TPSA) is 231 Å². The fourth-order valence-electron chi connectivity index (χ4n) is 11.6. The van der Waals surface area contributed by atoms with Crippen molar-refractivity contribution in [2.24, 2.45) is 34.5 Å². The monoisotopic (exact) mass is 740 g/mol. The molecule has 0 amide bonds. The lowest BCUT2D eigenvalue weighted by Gasteiger charge is -2.64. The summed E-state index contributed by atoms with van der Waals surface area (Å²) in [7, 11) is 0. The zero-order chi connectivity index (χ0) is 37.3. The van der Waals surface area contributed by atoms with Crippen LogP contribution in [0.4, 0.5) is 0 Å². The summed E-state index contributed by atoms with van der Waals surface area (Å²) in [5.41, 5.74) is -0.741. The van der Waals surface area contributed by atoms with Crippen molar-refractivity contribution >= 4 is 11.9 Å². The Bertz CT molecular complexity index is 1370. The minimum absolute atomic E-state index is 0.000671. The minimum Gasteiger partial charge on any atom is -0.465 e. The third kappa shape index (κ3) is 6.25. The molecule has 18 unspecified atom stereocenters. The van der Waals surface area contributed by atoms with E-state index in [0.717, 1.165) is 37.7 Å². The Morgan fingerprint density at radius 1 is 0.885 bits per heavy atom. The summed E-state index contributed by atoms with van der Waals surface area (Å²) in [5.74, 6) is -0.395. The van der Waals surface area contributed by atoms with Crippen molar-refractivity contribution in [3.05, 3.63) is 11.6 Å². The molecule has 0 spiro atoms. The Hall–Kier alpha value is -1.76. The molecule has 15 nitrogen and oxygen atoms in total. The summed E-state index contributed by atoms with van der Waals surface area (Å²) < 4.78 is 34.7. The van der Waals surface area contributed by atoms with Gasteiger partial charge in [0.05, 0.1) is 31.0 Å². The van der Waals surface area contributed by atoms with Crippen molar-refractivity contribution in [3.63, 3.8) is 0 Å². The number of ether oxygens (including phenoxy) is 6. The third-order valence-electron chi connectivity index (χ3n) is 14.4. The van der Waals surface area contributed by atoms with Crippen molar-refractivity contribution in [2.45, 2.75) is 152 Å². The van der Waals surface area contributed by atoms with Gasteiger partial charge in [-0.3, -0.25) is 4.79 Å². The number of carbonyl (C=O) groups excluding carboxylic acids is 2. The Kier molecular flexibility index (Phi) is 10.7. The summed E-state index contributed by atoms with van der Waals surface area (Å²) in [6, 6.07) is 0. The van der Waals surface area contributed by atoms with Crippen LogP contribution in [-0.2, 0) is 38.0 Å². The fraction of sp³-hybridized carbons (Fsp3) is 0.892. The third-order valence-corrected chi connectivity index (χ3v) is 14.4. The molecule has 3 aliphatic heterocycles. The molecule has 0 aromatic rings. The molecule has 18 atom stereocenters. The van der Waals surface area contributed by atoms with Gasteiger partial charge in [-0.05, 0) is 94.0 Å². The number of hydrogen-bond donors (Lipinski definition) is 7. The predicted octanol–water partition coefficient (Wildman–Crippen LogP) is -0.176. The highest BCUT2D eigenvalue weighted by molar-refractivity contribution is 5.85. The van der Waals surface area contributed by atoms with Crippen LogP contribution in [0.1, 0.15) is 78.6 Å². The quantitative estimate of drug-likeness (QED) is 0.127. The van der Waals surface area contributed by atoms with Crippen LogP contribution in [0.25, 0.3) is 0 Å². The maximum Gasteiger partial charge on any atom is 0.331 e.